The Labute approximate surface area is 170 Å². The lowest BCUT2D eigenvalue weighted by Gasteiger charge is -2.17. The summed E-state index contributed by atoms with van der Waals surface area (Å²) in [6.45, 7) is 3.16. The molecule has 0 spiro atoms. The highest BCUT2D eigenvalue weighted by Crippen LogP contribution is 2.38. The number of rotatable bonds is 5. The van der Waals surface area contributed by atoms with Crippen LogP contribution in [0.2, 0.25) is 10.0 Å². The number of alkyl halides is 3. The van der Waals surface area contributed by atoms with Crippen LogP contribution in [-0.2, 0) is 4.79 Å². The minimum absolute atomic E-state index is 0.0588. The molecule has 2 unspecified atom stereocenters. The summed E-state index contributed by atoms with van der Waals surface area (Å²) < 4.78 is 40.6. The summed E-state index contributed by atoms with van der Waals surface area (Å²) in [5.41, 5.74) is -0.249. The van der Waals surface area contributed by atoms with Gasteiger partial charge in [0.2, 0.25) is 5.91 Å². The zero-order chi connectivity index (χ0) is 21.1. The van der Waals surface area contributed by atoms with Gasteiger partial charge in [0.25, 0.3) is 0 Å². The van der Waals surface area contributed by atoms with E-state index in [1.54, 1.807) is 19.1 Å². The summed E-state index contributed by atoms with van der Waals surface area (Å²) in [4.78, 5) is 11.1. The van der Waals surface area contributed by atoms with Crippen molar-refractivity contribution >= 4 is 34.7 Å². The van der Waals surface area contributed by atoms with E-state index in [-0.39, 0.29) is 33.1 Å². The number of carbonyl (C=O) groups is 1. The summed E-state index contributed by atoms with van der Waals surface area (Å²) in [6.07, 6.45) is -5.50. The molecule has 150 valence electrons. The number of hydrogen-bond acceptors (Lipinski definition) is 2. The molecule has 0 fully saturated rings. The van der Waals surface area contributed by atoms with Crippen LogP contribution in [0.15, 0.2) is 48.5 Å². The second-order valence-electron chi connectivity index (χ2n) is 6.27. The monoisotopic (exact) mass is 431 g/mol. The van der Waals surface area contributed by atoms with E-state index in [4.69, 9.17) is 23.2 Å². The van der Waals surface area contributed by atoms with E-state index in [0.717, 1.165) is 17.7 Å². The molecule has 0 aliphatic carbocycles. The smallest absolute Gasteiger partial charge is 0.384 e. The van der Waals surface area contributed by atoms with Crippen molar-refractivity contribution < 1.29 is 23.1 Å². The highest BCUT2D eigenvalue weighted by molar-refractivity contribution is 6.34. The zero-order valence-electron chi connectivity index (χ0n) is 15.0. The minimum Gasteiger partial charge on any atom is -0.384 e. The molecule has 2 aromatic carbocycles. The lowest BCUT2D eigenvalue weighted by atomic mass is 9.99. The van der Waals surface area contributed by atoms with E-state index in [2.05, 4.69) is 5.32 Å². The van der Waals surface area contributed by atoms with Crippen molar-refractivity contribution in [3.63, 3.8) is 0 Å². The molecule has 0 aromatic heterocycles. The van der Waals surface area contributed by atoms with Crippen molar-refractivity contribution in [2.75, 3.05) is 0 Å². The average molecular weight is 432 g/mol. The maximum absolute atomic E-state index is 13.5. The molecule has 2 rings (SSSR count). The average Bonchev–Trinajstić information content (AvgIpc) is 2.57. The Kier molecular flexibility index (Phi) is 7.15. The van der Waals surface area contributed by atoms with Crippen LogP contribution < -0.4 is 5.32 Å². The lowest BCUT2D eigenvalue weighted by Crippen LogP contribution is -2.23. The van der Waals surface area contributed by atoms with E-state index >= 15 is 0 Å². The number of aliphatic hydroxyl groups excluding tert-OH is 1. The fourth-order valence-electron chi connectivity index (χ4n) is 2.69. The molecule has 2 aromatic rings. The fourth-order valence-corrected chi connectivity index (χ4v) is 3.21. The molecule has 0 radical (unpaired) electrons. The van der Waals surface area contributed by atoms with E-state index in [1.165, 1.54) is 25.1 Å². The molecular weight excluding hydrogens is 414 g/mol. The molecule has 0 bridgehead atoms. The number of allylic oxidation sites excluding steroid dienone is 1. The van der Waals surface area contributed by atoms with Gasteiger partial charge < -0.3 is 10.4 Å². The van der Waals surface area contributed by atoms with Gasteiger partial charge in [-0.25, -0.2) is 0 Å². The lowest BCUT2D eigenvalue weighted by molar-refractivity contribution is -0.119. The normalized spacial score (nSPS) is 14.5. The molecule has 0 saturated carbocycles. The first-order chi connectivity index (χ1) is 13.0. The summed E-state index contributed by atoms with van der Waals surface area (Å²) in [6, 6.07) is 9.62. The van der Waals surface area contributed by atoms with E-state index < -0.39 is 17.9 Å². The molecular formula is C20H18Cl2F3NO2. The molecule has 3 nitrogen and oxygen atoms in total. The number of aliphatic hydroxyl groups is 1. The molecule has 28 heavy (non-hydrogen) atoms. The largest absolute Gasteiger partial charge is 0.416 e. The van der Waals surface area contributed by atoms with E-state index in [0.29, 0.717) is 6.08 Å². The Balaban J connectivity index is 2.35. The fraction of sp³-hybridized carbons (Fsp3) is 0.250. The Bertz CT molecular complexity index is 860. The second-order valence-corrected chi connectivity index (χ2v) is 7.14. The van der Waals surface area contributed by atoms with Crippen molar-refractivity contribution in [2.24, 2.45) is 0 Å². The molecule has 2 N–H and O–H groups in total. The van der Waals surface area contributed by atoms with Crippen LogP contribution in [-0.4, -0.2) is 17.2 Å². The quantitative estimate of drug-likeness (QED) is 0.621. The number of amides is 1. The van der Waals surface area contributed by atoms with Gasteiger partial charge in [0, 0.05) is 17.0 Å². The molecule has 1 amide bonds. The first-order valence-corrected chi connectivity index (χ1v) is 9.03. The zero-order valence-corrected chi connectivity index (χ0v) is 16.5. The van der Waals surface area contributed by atoms with Gasteiger partial charge in [-0.1, -0.05) is 47.5 Å². The SMILES string of the molecule is CC(=O)NC(C)c1ccc(C(O)/C=C(/c2cc(Cl)cc(Cl)c2)C(F)(F)F)cc1. The predicted molar refractivity (Wildman–Crippen MR) is 104 cm³/mol. The van der Waals surface area contributed by atoms with Crippen LogP contribution in [0.5, 0.6) is 0 Å². The Morgan fingerprint density at radius 1 is 1.07 bits per heavy atom. The number of nitrogens with one attached hydrogen (secondary N) is 1. The van der Waals surface area contributed by atoms with Gasteiger partial charge in [-0.2, -0.15) is 13.2 Å². The highest BCUT2D eigenvalue weighted by Gasteiger charge is 2.35. The van der Waals surface area contributed by atoms with Gasteiger partial charge in [0.1, 0.15) is 0 Å². The Hall–Kier alpha value is -2.02. The third-order valence-corrected chi connectivity index (χ3v) is 4.44. The molecule has 8 heteroatoms. The molecule has 0 saturated heterocycles. The van der Waals surface area contributed by atoms with Crippen molar-refractivity contribution in [1.29, 1.82) is 0 Å². The minimum atomic E-state index is -4.71. The molecule has 0 heterocycles. The van der Waals surface area contributed by atoms with Crippen LogP contribution >= 0.6 is 23.2 Å². The van der Waals surface area contributed by atoms with Crippen LogP contribution in [0, 0.1) is 0 Å². The topological polar surface area (TPSA) is 49.3 Å². The van der Waals surface area contributed by atoms with Gasteiger partial charge in [0.05, 0.1) is 17.7 Å². The summed E-state index contributed by atoms with van der Waals surface area (Å²) in [7, 11) is 0. The third-order valence-electron chi connectivity index (χ3n) is 4.00. The summed E-state index contributed by atoms with van der Waals surface area (Å²) in [5, 5.41) is 13.1. The van der Waals surface area contributed by atoms with Gasteiger partial charge in [-0.15, -0.1) is 0 Å². The Morgan fingerprint density at radius 2 is 1.57 bits per heavy atom. The Morgan fingerprint density at radius 3 is 2.04 bits per heavy atom. The molecule has 0 aliphatic rings. The van der Waals surface area contributed by atoms with Crippen molar-refractivity contribution in [1.82, 2.24) is 5.32 Å². The van der Waals surface area contributed by atoms with Crippen LogP contribution in [0.4, 0.5) is 13.2 Å². The van der Waals surface area contributed by atoms with Gasteiger partial charge >= 0.3 is 6.18 Å². The second kappa shape index (κ2) is 8.99. The van der Waals surface area contributed by atoms with Crippen molar-refractivity contribution in [3.8, 4) is 0 Å². The van der Waals surface area contributed by atoms with Crippen LogP contribution in [0.25, 0.3) is 5.57 Å². The predicted octanol–water partition coefficient (Wildman–Crippen LogP) is 5.87. The third kappa shape index (κ3) is 5.99. The molecule has 2 atom stereocenters. The van der Waals surface area contributed by atoms with Gasteiger partial charge in [-0.3, -0.25) is 4.79 Å². The number of hydrogen-bond donors (Lipinski definition) is 2. The standard InChI is InChI=1S/C20H18Cl2F3NO2/c1-11(26-12(2)27)13-3-5-14(6-4-13)19(28)10-18(20(23,24)25)15-7-16(21)9-17(22)8-15/h3-11,19,28H,1-2H3,(H,26,27)/b18-10-. The number of benzene rings is 2. The van der Waals surface area contributed by atoms with E-state index in [9.17, 15) is 23.1 Å². The van der Waals surface area contributed by atoms with Crippen molar-refractivity contribution in [3.05, 3.63) is 75.3 Å². The maximum atomic E-state index is 13.5. The van der Waals surface area contributed by atoms with Crippen LogP contribution in [0.1, 0.15) is 42.7 Å². The number of carbonyl (C=O) groups excluding carboxylic acids is 1. The summed E-state index contributed by atoms with van der Waals surface area (Å²) in [5.74, 6) is -0.199. The first-order valence-electron chi connectivity index (χ1n) is 8.28. The molecule has 0 aliphatic heterocycles. The number of halogens is 5. The maximum Gasteiger partial charge on any atom is 0.416 e. The van der Waals surface area contributed by atoms with Gasteiger partial charge in [0.15, 0.2) is 0 Å². The van der Waals surface area contributed by atoms with Crippen molar-refractivity contribution in [2.45, 2.75) is 32.2 Å². The highest BCUT2D eigenvalue weighted by atomic mass is 35.5. The van der Waals surface area contributed by atoms with Gasteiger partial charge in [-0.05, 0) is 47.9 Å². The van der Waals surface area contributed by atoms with Crippen LogP contribution in [0.3, 0.4) is 0 Å². The summed E-state index contributed by atoms with van der Waals surface area (Å²) >= 11 is 11.6. The van der Waals surface area contributed by atoms with E-state index in [1.807, 2.05) is 0 Å². The first kappa shape index (κ1) is 22.3.